The molecule has 0 radical (unpaired) electrons. The summed E-state index contributed by atoms with van der Waals surface area (Å²) in [6.07, 6.45) is 16.8. The highest BCUT2D eigenvalue weighted by atomic mass is 16.2. The lowest BCUT2D eigenvalue weighted by molar-refractivity contribution is -0.134. The largest absolute Gasteiger partial charge is 0.353 e. The van der Waals surface area contributed by atoms with Crippen molar-refractivity contribution in [1.82, 2.24) is 20.4 Å². The third-order valence-corrected chi connectivity index (χ3v) is 14.0. The molecule has 2 aromatic carbocycles. The summed E-state index contributed by atoms with van der Waals surface area (Å²) < 4.78 is 0. The zero-order valence-corrected chi connectivity index (χ0v) is 29.4. The fourth-order valence-corrected chi connectivity index (χ4v) is 10.9. The molecule has 3 unspecified atom stereocenters. The zero-order valence-electron chi connectivity index (χ0n) is 29.4. The second-order valence-electron chi connectivity index (χ2n) is 16.6. The molecular formula is C42H58N4O2. The molecule has 4 fully saturated rings. The van der Waals surface area contributed by atoms with Crippen LogP contribution in [0.2, 0.25) is 0 Å². The van der Waals surface area contributed by atoms with Crippen LogP contribution in [0.4, 0.5) is 0 Å². The van der Waals surface area contributed by atoms with E-state index in [2.05, 4.69) is 69.0 Å². The predicted octanol–water partition coefficient (Wildman–Crippen LogP) is 8.17. The van der Waals surface area contributed by atoms with Crippen molar-refractivity contribution < 1.29 is 9.59 Å². The molecule has 0 aromatic heterocycles. The van der Waals surface area contributed by atoms with Crippen LogP contribution in [0.1, 0.15) is 150 Å². The van der Waals surface area contributed by atoms with E-state index in [-0.39, 0.29) is 35.7 Å². The topological polar surface area (TPSA) is 64.7 Å². The molecule has 2 amide bonds. The van der Waals surface area contributed by atoms with Crippen LogP contribution in [0.15, 0.2) is 48.5 Å². The number of carbonyl (C=O) groups excluding carboxylic acids is 2. The van der Waals surface area contributed by atoms with E-state index in [9.17, 15) is 9.59 Å². The normalized spacial score (nSPS) is 33.6. The maximum atomic E-state index is 13.3. The number of hydrogen-bond acceptors (Lipinski definition) is 4. The highest BCUT2D eigenvalue weighted by molar-refractivity contribution is 5.87. The monoisotopic (exact) mass is 650 g/mol. The Kier molecular flexibility index (Phi) is 9.41. The van der Waals surface area contributed by atoms with Crippen molar-refractivity contribution in [3.8, 4) is 0 Å². The van der Waals surface area contributed by atoms with Crippen LogP contribution in [-0.4, -0.2) is 46.8 Å². The van der Waals surface area contributed by atoms with Gasteiger partial charge < -0.3 is 10.6 Å². The molecule has 6 aliphatic rings. The number of fused-ring (bicyclic) bond motifs is 10. The highest BCUT2D eigenvalue weighted by Gasteiger charge is 2.44. The number of benzene rings is 2. The maximum absolute atomic E-state index is 13.3. The molecule has 2 aliphatic carbocycles. The number of hydrogen-bond donors (Lipinski definition) is 2. The summed E-state index contributed by atoms with van der Waals surface area (Å²) in [4.78, 5) is 32.1. The van der Waals surface area contributed by atoms with E-state index in [4.69, 9.17) is 0 Å². The molecule has 0 spiro atoms. The second kappa shape index (κ2) is 13.9. The summed E-state index contributed by atoms with van der Waals surface area (Å²) in [5, 5.41) is 6.68. The van der Waals surface area contributed by atoms with Crippen molar-refractivity contribution in [2.45, 2.75) is 140 Å². The van der Waals surface area contributed by atoms with Crippen molar-refractivity contribution in [1.29, 1.82) is 0 Å². The molecule has 8 rings (SSSR count). The standard InChI is InChI=1S/C42H58N4O2/c1-27(41(47)43-31-15-11-29(12-16-31)23-25-45-37-19-20-38(45)34-8-4-3-7-33(34)37)28(2)42(48)44-32-17-13-30(14-18-32)24-26-46-39-21-22-40(46)36-10-6-5-9-35(36)39/h3-10,27-32,37-40H,11-26H2,1-2H3,(H,43,47)(H,44,48)/t27?,28?,29?,30?,31?,32?,37-,38+,39-,40?/m1/s1. The van der Waals surface area contributed by atoms with E-state index in [0.29, 0.717) is 24.2 Å². The molecule has 4 aliphatic heterocycles. The summed E-state index contributed by atoms with van der Waals surface area (Å²) in [5.41, 5.74) is 6.30. The van der Waals surface area contributed by atoms with Gasteiger partial charge in [-0.25, -0.2) is 0 Å². The number of nitrogens with one attached hydrogen (secondary N) is 2. The van der Waals surface area contributed by atoms with Crippen LogP contribution in [0.25, 0.3) is 0 Å². The van der Waals surface area contributed by atoms with E-state index >= 15 is 0 Å². The minimum Gasteiger partial charge on any atom is -0.353 e. The SMILES string of the molecule is CC(C(=O)NC1CCC(CCN2C3CC[C@@H]2c2ccccc23)CC1)C(C)C(=O)NC1CCC(CCN2[C@@H]3CC[C@H]2c2ccccc23)CC1. The lowest BCUT2D eigenvalue weighted by atomic mass is 9.83. The van der Waals surface area contributed by atoms with E-state index in [1.807, 2.05) is 13.8 Å². The molecule has 2 N–H and O–H groups in total. The number of rotatable bonds is 11. The van der Waals surface area contributed by atoms with Crippen LogP contribution >= 0.6 is 0 Å². The summed E-state index contributed by atoms with van der Waals surface area (Å²) in [6.45, 7) is 6.28. The van der Waals surface area contributed by atoms with Crippen LogP contribution < -0.4 is 10.6 Å². The Morgan fingerprint density at radius 2 is 0.854 bits per heavy atom. The minimum atomic E-state index is -0.314. The molecule has 4 bridgehead atoms. The van der Waals surface area contributed by atoms with Gasteiger partial charge in [-0.3, -0.25) is 19.4 Å². The van der Waals surface area contributed by atoms with Gasteiger partial charge in [0.05, 0.1) is 0 Å². The lowest BCUT2D eigenvalue weighted by Crippen LogP contribution is -2.46. The van der Waals surface area contributed by atoms with Crippen molar-refractivity contribution in [3.05, 3.63) is 70.8 Å². The van der Waals surface area contributed by atoms with E-state index < -0.39 is 0 Å². The Labute approximate surface area is 288 Å². The predicted molar refractivity (Wildman–Crippen MR) is 191 cm³/mol. The molecule has 6 atom stereocenters. The molecule has 4 heterocycles. The summed E-state index contributed by atoms with van der Waals surface area (Å²) >= 11 is 0. The molecule has 2 saturated heterocycles. The third-order valence-electron chi connectivity index (χ3n) is 14.0. The first kappa shape index (κ1) is 32.5. The molecule has 258 valence electrons. The summed E-state index contributed by atoms with van der Waals surface area (Å²) in [6, 6.07) is 21.2. The van der Waals surface area contributed by atoms with Crippen LogP contribution in [-0.2, 0) is 9.59 Å². The molecule has 6 nitrogen and oxygen atoms in total. The van der Waals surface area contributed by atoms with Gasteiger partial charge in [-0.05, 0) is 137 Å². The van der Waals surface area contributed by atoms with Gasteiger partial charge in [0.25, 0.3) is 0 Å². The van der Waals surface area contributed by atoms with Gasteiger partial charge in [0.2, 0.25) is 11.8 Å². The Morgan fingerprint density at radius 3 is 1.17 bits per heavy atom. The Bertz CT molecular complexity index is 1290. The molecular weight excluding hydrogens is 592 g/mol. The molecule has 48 heavy (non-hydrogen) atoms. The first-order chi connectivity index (χ1) is 23.4. The van der Waals surface area contributed by atoms with Crippen molar-refractivity contribution >= 4 is 11.8 Å². The molecule has 2 aromatic rings. The maximum Gasteiger partial charge on any atom is 0.223 e. The van der Waals surface area contributed by atoms with E-state index in [1.165, 1.54) is 77.3 Å². The molecule has 2 saturated carbocycles. The van der Waals surface area contributed by atoms with Crippen LogP contribution in [0.5, 0.6) is 0 Å². The minimum absolute atomic E-state index is 0.0502. The first-order valence-electron chi connectivity index (χ1n) is 19.7. The quantitative estimate of drug-likeness (QED) is 0.258. The highest BCUT2D eigenvalue weighted by Crippen LogP contribution is 2.54. The van der Waals surface area contributed by atoms with Gasteiger partial charge in [-0.1, -0.05) is 62.4 Å². The second-order valence-corrected chi connectivity index (χ2v) is 16.6. The summed E-state index contributed by atoms with van der Waals surface area (Å²) in [5.74, 6) is 0.984. The lowest BCUT2D eigenvalue weighted by Gasteiger charge is -2.33. The Balaban J connectivity index is 0.719. The van der Waals surface area contributed by atoms with Gasteiger partial charge in [0.1, 0.15) is 0 Å². The fourth-order valence-electron chi connectivity index (χ4n) is 10.9. The number of carbonyl (C=O) groups is 2. The Morgan fingerprint density at radius 1 is 0.542 bits per heavy atom. The number of amides is 2. The fraction of sp³-hybridized carbons (Fsp3) is 0.667. The van der Waals surface area contributed by atoms with Gasteiger partial charge >= 0.3 is 0 Å². The summed E-state index contributed by atoms with van der Waals surface area (Å²) in [7, 11) is 0. The van der Waals surface area contributed by atoms with E-state index in [1.54, 1.807) is 22.3 Å². The average Bonchev–Trinajstić information content (AvgIpc) is 3.88. The smallest absolute Gasteiger partial charge is 0.223 e. The average molecular weight is 651 g/mol. The van der Waals surface area contributed by atoms with Crippen molar-refractivity contribution in [3.63, 3.8) is 0 Å². The van der Waals surface area contributed by atoms with Crippen LogP contribution in [0, 0.1) is 23.7 Å². The van der Waals surface area contributed by atoms with Crippen molar-refractivity contribution in [2.75, 3.05) is 13.1 Å². The van der Waals surface area contributed by atoms with Crippen molar-refractivity contribution in [2.24, 2.45) is 23.7 Å². The van der Waals surface area contributed by atoms with Crippen LogP contribution in [0.3, 0.4) is 0 Å². The Hall–Kier alpha value is -2.70. The number of nitrogens with zero attached hydrogens (tertiary/aromatic N) is 2. The molecule has 6 heteroatoms. The van der Waals surface area contributed by atoms with Gasteiger partial charge in [0.15, 0.2) is 0 Å². The first-order valence-corrected chi connectivity index (χ1v) is 19.7. The zero-order chi connectivity index (χ0) is 32.8. The van der Waals surface area contributed by atoms with E-state index in [0.717, 1.165) is 37.5 Å². The van der Waals surface area contributed by atoms with Gasteiger partial charge in [-0.15, -0.1) is 0 Å². The van der Waals surface area contributed by atoms with Gasteiger partial charge in [0, 0.05) is 48.1 Å². The third kappa shape index (κ3) is 6.25. The van der Waals surface area contributed by atoms with Gasteiger partial charge in [-0.2, -0.15) is 0 Å².